The highest BCUT2D eigenvalue weighted by Crippen LogP contribution is 2.40. The molecule has 1 saturated heterocycles. The molecule has 2 nitrogen and oxygen atoms in total. The Morgan fingerprint density at radius 2 is 1.93 bits per heavy atom. The Morgan fingerprint density at radius 1 is 1.14 bits per heavy atom. The zero-order valence-electron chi connectivity index (χ0n) is 8.24. The Balaban J connectivity index is 1.57. The second kappa shape index (κ2) is 3.37. The molecular weight excluding hydrogens is 172 g/mol. The molecule has 2 fully saturated rings. The highest BCUT2D eigenvalue weighted by atomic mass is 15.1. The van der Waals surface area contributed by atoms with Gasteiger partial charge in [-0.25, -0.2) is 0 Å². The molecule has 1 aromatic rings. The highest BCUT2D eigenvalue weighted by molar-refractivity contribution is 5.27. The van der Waals surface area contributed by atoms with Crippen LogP contribution in [0.1, 0.15) is 17.9 Å². The summed E-state index contributed by atoms with van der Waals surface area (Å²) in [6.07, 6.45) is 1.32. The van der Waals surface area contributed by atoms with E-state index in [0.29, 0.717) is 0 Å². The lowest BCUT2D eigenvalue weighted by atomic mass is 10.1. The average molecular weight is 188 g/mol. The van der Waals surface area contributed by atoms with E-state index < -0.39 is 0 Å². The molecule has 74 valence electrons. The van der Waals surface area contributed by atoms with Crippen molar-refractivity contribution in [3.63, 3.8) is 0 Å². The van der Waals surface area contributed by atoms with Gasteiger partial charge in [0.2, 0.25) is 0 Å². The summed E-state index contributed by atoms with van der Waals surface area (Å²) < 4.78 is 0. The van der Waals surface area contributed by atoms with Gasteiger partial charge in [-0.1, -0.05) is 30.3 Å². The van der Waals surface area contributed by atoms with Gasteiger partial charge in [-0.3, -0.25) is 0 Å². The quantitative estimate of drug-likeness (QED) is 0.742. The third kappa shape index (κ3) is 1.56. The predicted octanol–water partition coefficient (Wildman–Crippen LogP) is 1.10. The number of nitrogens with one attached hydrogen (secondary N) is 2. The van der Waals surface area contributed by atoms with E-state index in [1.165, 1.54) is 12.0 Å². The summed E-state index contributed by atoms with van der Waals surface area (Å²) in [6.45, 7) is 2.30. The largest absolute Gasteiger partial charge is 0.314 e. The monoisotopic (exact) mass is 188 g/mol. The van der Waals surface area contributed by atoms with Crippen LogP contribution in [0.5, 0.6) is 0 Å². The summed E-state index contributed by atoms with van der Waals surface area (Å²) >= 11 is 0. The van der Waals surface area contributed by atoms with Gasteiger partial charge < -0.3 is 10.6 Å². The summed E-state index contributed by atoms with van der Waals surface area (Å²) in [5.41, 5.74) is 1.50. The Bertz CT molecular complexity index is 305. The topological polar surface area (TPSA) is 24.1 Å². The lowest BCUT2D eigenvalue weighted by Crippen LogP contribution is -2.56. The Labute approximate surface area is 84.7 Å². The fourth-order valence-electron chi connectivity index (χ4n) is 2.16. The first-order valence-corrected chi connectivity index (χ1v) is 5.45. The van der Waals surface area contributed by atoms with E-state index in [1.807, 2.05) is 0 Å². The predicted molar refractivity (Wildman–Crippen MR) is 57.4 cm³/mol. The summed E-state index contributed by atoms with van der Waals surface area (Å²) in [6, 6.07) is 12.3. The number of hydrogen-bond acceptors (Lipinski definition) is 2. The molecule has 2 heteroatoms. The van der Waals surface area contributed by atoms with Crippen LogP contribution >= 0.6 is 0 Å². The molecular formula is C12H16N2. The first-order chi connectivity index (χ1) is 6.93. The molecule has 0 spiro atoms. The molecule has 0 aromatic heterocycles. The molecule has 1 unspecified atom stereocenters. The fraction of sp³-hybridized carbons (Fsp3) is 0.500. The summed E-state index contributed by atoms with van der Waals surface area (Å²) in [5, 5.41) is 6.96. The normalized spacial score (nSPS) is 31.1. The van der Waals surface area contributed by atoms with E-state index in [-0.39, 0.29) is 0 Å². The maximum atomic E-state index is 3.68. The van der Waals surface area contributed by atoms with Gasteiger partial charge in [0.15, 0.2) is 0 Å². The Kier molecular flexibility index (Phi) is 2.03. The van der Waals surface area contributed by atoms with Gasteiger partial charge >= 0.3 is 0 Å². The minimum Gasteiger partial charge on any atom is -0.314 e. The van der Waals surface area contributed by atoms with Crippen LogP contribution in [0.3, 0.4) is 0 Å². The number of hydrogen-bond donors (Lipinski definition) is 2. The van der Waals surface area contributed by atoms with Crippen molar-refractivity contribution in [2.75, 3.05) is 13.1 Å². The fourth-order valence-corrected chi connectivity index (χ4v) is 2.16. The van der Waals surface area contributed by atoms with Crippen molar-refractivity contribution < 1.29 is 0 Å². The van der Waals surface area contributed by atoms with Crippen molar-refractivity contribution in [1.82, 2.24) is 10.6 Å². The molecule has 14 heavy (non-hydrogen) atoms. The van der Waals surface area contributed by atoms with Gasteiger partial charge in [-0.2, -0.15) is 0 Å². The first-order valence-electron chi connectivity index (χ1n) is 5.45. The summed E-state index contributed by atoms with van der Waals surface area (Å²) in [7, 11) is 0. The SMILES string of the molecule is c1ccc(C2C[C@@H]2NC2CNC2)cc1. The van der Waals surface area contributed by atoms with E-state index in [1.54, 1.807) is 0 Å². The Hall–Kier alpha value is -0.860. The van der Waals surface area contributed by atoms with Crippen molar-refractivity contribution in [3.8, 4) is 0 Å². The van der Waals surface area contributed by atoms with E-state index in [2.05, 4.69) is 41.0 Å². The molecule has 1 aliphatic heterocycles. The molecule has 0 radical (unpaired) electrons. The second-order valence-electron chi connectivity index (χ2n) is 4.38. The van der Waals surface area contributed by atoms with Crippen molar-refractivity contribution >= 4 is 0 Å². The lowest BCUT2D eigenvalue weighted by molar-refractivity contribution is 0.362. The van der Waals surface area contributed by atoms with E-state index in [9.17, 15) is 0 Å². The van der Waals surface area contributed by atoms with E-state index in [4.69, 9.17) is 0 Å². The van der Waals surface area contributed by atoms with Gasteiger partial charge in [0.1, 0.15) is 0 Å². The van der Waals surface area contributed by atoms with Gasteiger partial charge in [-0.15, -0.1) is 0 Å². The van der Waals surface area contributed by atoms with Crippen LogP contribution in [0.2, 0.25) is 0 Å². The molecule has 0 amide bonds. The van der Waals surface area contributed by atoms with Crippen LogP contribution in [0.4, 0.5) is 0 Å². The van der Waals surface area contributed by atoms with Crippen LogP contribution < -0.4 is 10.6 Å². The zero-order valence-corrected chi connectivity index (χ0v) is 8.24. The average Bonchev–Trinajstić information content (AvgIpc) is 2.92. The third-order valence-corrected chi connectivity index (χ3v) is 3.25. The molecule has 1 aromatic carbocycles. The minimum absolute atomic E-state index is 0.730. The van der Waals surface area contributed by atoms with Crippen LogP contribution in [-0.4, -0.2) is 25.2 Å². The second-order valence-corrected chi connectivity index (χ2v) is 4.38. The molecule has 1 saturated carbocycles. The van der Waals surface area contributed by atoms with Gasteiger partial charge in [0.25, 0.3) is 0 Å². The van der Waals surface area contributed by atoms with E-state index >= 15 is 0 Å². The van der Waals surface area contributed by atoms with Crippen molar-refractivity contribution in [3.05, 3.63) is 35.9 Å². The summed E-state index contributed by atoms with van der Waals surface area (Å²) in [5.74, 6) is 0.775. The van der Waals surface area contributed by atoms with E-state index in [0.717, 1.165) is 31.1 Å². The maximum absolute atomic E-state index is 3.68. The van der Waals surface area contributed by atoms with Crippen LogP contribution in [0.15, 0.2) is 30.3 Å². The van der Waals surface area contributed by atoms with Crippen molar-refractivity contribution in [2.24, 2.45) is 0 Å². The zero-order chi connectivity index (χ0) is 9.38. The molecule has 1 heterocycles. The molecule has 2 atom stereocenters. The maximum Gasteiger partial charge on any atom is 0.0320 e. The molecule has 3 rings (SSSR count). The van der Waals surface area contributed by atoms with Crippen LogP contribution in [-0.2, 0) is 0 Å². The van der Waals surface area contributed by atoms with Gasteiger partial charge in [0.05, 0.1) is 0 Å². The summed E-state index contributed by atoms with van der Waals surface area (Å²) in [4.78, 5) is 0. The van der Waals surface area contributed by atoms with Crippen LogP contribution in [0, 0.1) is 0 Å². The lowest BCUT2D eigenvalue weighted by Gasteiger charge is -2.28. The smallest absolute Gasteiger partial charge is 0.0320 e. The van der Waals surface area contributed by atoms with Crippen molar-refractivity contribution in [2.45, 2.75) is 24.4 Å². The number of rotatable bonds is 3. The standard InChI is InChI=1S/C12H16N2/c1-2-4-9(5-3-1)11-6-12(11)14-10-7-13-8-10/h1-5,10-14H,6-8H2/t11?,12-/m0/s1. The van der Waals surface area contributed by atoms with Crippen molar-refractivity contribution in [1.29, 1.82) is 0 Å². The van der Waals surface area contributed by atoms with Crippen LogP contribution in [0.25, 0.3) is 0 Å². The van der Waals surface area contributed by atoms with Gasteiger partial charge in [-0.05, 0) is 12.0 Å². The third-order valence-electron chi connectivity index (χ3n) is 3.25. The molecule has 2 aliphatic rings. The highest BCUT2D eigenvalue weighted by Gasteiger charge is 2.39. The number of benzene rings is 1. The molecule has 1 aliphatic carbocycles. The minimum atomic E-state index is 0.730. The van der Waals surface area contributed by atoms with Gasteiger partial charge in [0, 0.05) is 31.1 Å². The molecule has 0 bridgehead atoms. The Morgan fingerprint density at radius 3 is 2.57 bits per heavy atom. The molecule has 2 N–H and O–H groups in total. The first kappa shape index (κ1) is 8.45.